The fourth-order valence-corrected chi connectivity index (χ4v) is 1.74. The second kappa shape index (κ2) is 5.46. The Morgan fingerprint density at radius 2 is 1.86 bits per heavy atom. The van der Waals surface area contributed by atoms with E-state index in [9.17, 15) is 13.2 Å². The van der Waals surface area contributed by atoms with Crippen LogP contribution in [0.25, 0.3) is 0 Å². The Kier molecular flexibility index (Phi) is 5.29. The number of hydrogen-bond acceptors (Lipinski definition) is 4. The van der Waals surface area contributed by atoms with Crippen LogP contribution in [0.4, 0.5) is 0 Å². The van der Waals surface area contributed by atoms with E-state index in [2.05, 4.69) is 0 Å². The molecular formula is C9H19NO3S. The normalized spacial score (nSPS) is 14.4. The maximum atomic E-state index is 11.4. The molecule has 0 aromatic rings. The number of sulfone groups is 1. The summed E-state index contributed by atoms with van der Waals surface area (Å²) < 4.78 is 22.2. The van der Waals surface area contributed by atoms with Crippen molar-refractivity contribution in [1.82, 2.24) is 0 Å². The number of Topliss-reactive ketones (excluding diaryl/α,β-unsaturated/α-hetero) is 1. The van der Waals surface area contributed by atoms with E-state index in [4.69, 9.17) is 5.73 Å². The van der Waals surface area contributed by atoms with Gasteiger partial charge in [-0.1, -0.05) is 20.8 Å². The lowest BCUT2D eigenvalue weighted by Crippen LogP contribution is -2.36. The molecule has 14 heavy (non-hydrogen) atoms. The third kappa shape index (κ3) is 4.72. The van der Waals surface area contributed by atoms with Crippen molar-refractivity contribution < 1.29 is 13.2 Å². The summed E-state index contributed by atoms with van der Waals surface area (Å²) >= 11 is 0. The summed E-state index contributed by atoms with van der Waals surface area (Å²) in [5, 5.41) is 0. The zero-order valence-electron chi connectivity index (χ0n) is 8.99. The van der Waals surface area contributed by atoms with Gasteiger partial charge in [-0.3, -0.25) is 4.79 Å². The molecule has 0 fully saturated rings. The quantitative estimate of drug-likeness (QED) is 0.702. The lowest BCUT2D eigenvalue weighted by atomic mass is 10.00. The van der Waals surface area contributed by atoms with Crippen LogP contribution >= 0.6 is 0 Å². The molecule has 4 nitrogen and oxygen atoms in total. The molecule has 0 bridgehead atoms. The van der Waals surface area contributed by atoms with Gasteiger partial charge in [-0.2, -0.15) is 0 Å². The monoisotopic (exact) mass is 221 g/mol. The highest BCUT2D eigenvalue weighted by Crippen LogP contribution is 2.04. The first-order chi connectivity index (χ1) is 6.30. The van der Waals surface area contributed by atoms with Crippen LogP contribution in [0.15, 0.2) is 0 Å². The third-order valence-electron chi connectivity index (χ3n) is 2.19. The van der Waals surface area contributed by atoms with Crippen LogP contribution in [0.1, 0.15) is 27.2 Å². The first kappa shape index (κ1) is 13.6. The molecule has 0 heterocycles. The average Bonchev–Trinajstić information content (AvgIpc) is 2.13. The lowest BCUT2D eigenvalue weighted by Gasteiger charge is -2.13. The number of carbonyl (C=O) groups is 1. The minimum Gasteiger partial charge on any atom is -0.321 e. The van der Waals surface area contributed by atoms with Crippen molar-refractivity contribution in [3.05, 3.63) is 0 Å². The molecule has 0 aromatic heterocycles. The number of hydrogen-bond donors (Lipinski definition) is 1. The Morgan fingerprint density at radius 1 is 1.36 bits per heavy atom. The standard InChI is InChI=1S/C9H19NO3S/c1-4-14(12,13)6-5-8(11)9(10)7(2)3/h7,9H,4-6,10H2,1-3H3. The average molecular weight is 221 g/mol. The van der Waals surface area contributed by atoms with E-state index in [-0.39, 0.29) is 29.6 Å². The highest BCUT2D eigenvalue weighted by atomic mass is 32.2. The fourth-order valence-electron chi connectivity index (χ4n) is 0.939. The van der Waals surface area contributed by atoms with Crippen molar-refractivity contribution in [1.29, 1.82) is 0 Å². The molecule has 0 aliphatic heterocycles. The van der Waals surface area contributed by atoms with E-state index in [1.165, 1.54) is 0 Å². The van der Waals surface area contributed by atoms with Gasteiger partial charge < -0.3 is 5.73 Å². The van der Waals surface area contributed by atoms with E-state index < -0.39 is 15.9 Å². The minimum atomic E-state index is -3.05. The van der Waals surface area contributed by atoms with Crippen LogP contribution in [0.3, 0.4) is 0 Å². The van der Waals surface area contributed by atoms with Gasteiger partial charge in [0.2, 0.25) is 0 Å². The number of rotatable bonds is 6. The number of ketones is 1. The van der Waals surface area contributed by atoms with Gasteiger partial charge in [0.05, 0.1) is 11.8 Å². The molecule has 0 aliphatic rings. The van der Waals surface area contributed by atoms with E-state index in [0.29, 0.717) is 0 Å². The van der Waals surface area contributed by atoms with Crippen LogP contribution in [0, 0.1) is 5.92 Å². The smallest absolute Gasteiger partial charge is 0.150 e. The summed E-state index contributed by atoms with van der Waals surface area (Å²) in [6, 6.07) is -0.540. The summed E-state index contributed by atoms with van der Waals surface area (Å²) in [4.78, 5) is 11.4. The lowest BCUT2D eigenvalue weighted by molar-refractivity contribution is -0.120. The summed E-state index contributed by atoms with van der Waals surface area (Å²) in [6.07, 6.45) is 0.0372. The van der Waals surface area contributed by atoms with E-state index in [1.807, 2.05) is 13.8 Å². The van der Waals surface area contributed by atoms with Crippen LogP contribution in [-0.4, -0.2) is 31.7 Å². The fraction of sp³-hybridized carbons (Fsp3) is 0.889. The molecule has 1 unspecified atom stereocenters. The number of nitrogens with two attached hydrogens (primary N) is 1. The van der Waals surface area contributed by atoms with Crippen LogP contribution in [0.5, 0.6) is 0 Å². The predicted octanol–water partition coefficient (Wildman–Crippen LogP) is 0.364. The van der Waals surface area contributed by atoms with Crippen molar-refractivity contribution in [3.63, 3.8) is 0 Å². The summed E-state index contributed by atoms with van der Waals surface area (Å²) in [5.41, 5.74) is 5.59. The van der Waals surface area contributed by atoms with Crippen LogP contribution in [-0.2, 0) is 14.6 Å². The van der Waals surface area contributed by atoms with E-state index in [1.54, 1.807) is 6.92 Å². The van der Waals surface area contributed by atoms with Gasteiger partial charge in [0.1, 0.15) is 9.84 Å². The van der Waals surface area contributed by atoms with E-state index >= 15 is 0 Å². The van der Waals surface area contributed by atoms with Gasteiger partial charge in [0.15, 0.2) is 5.78 Å². The second-order valence-electron chi connectivity index (χ2n) is 3.72. The Bertz CT molecular complexity index is 282. The first-order valence-corrected chi connectivity index (χ1v) is 6.61. The van der Waals surface area contributed by atoms with Crippen molar-refractivity contribution >= 4 is 15.6 Å². The Balaban J connectivity index is 4.10. The summed E-state index contributed by atoms with van der Waals surface area (Å²) in [7, 11) is -3.05. The van der Waals surface area contributed by atoms with Crippen molar-refractivity contribution in [2.75, 3.05) is 11.5 Å². The Hall–Kier alpha value is -0.420. The zero-order valence-corrected chi connectivity index (χ0v) is 9.80. The Morgan fingerprint density at radius 3 is 2.21 bits per heavy atom. The van der Waals surface area contributed by atoms with Gasteiger partial charge in [0.25, 0.3) is 0 Å². The van der Waals surface area contributed by atoms with Gasteiger partial charge in [-0.25, -0.2) is 8.42 Å². The van der Waals surface area contributed by atoms with Gasteiger partial charge >= 0.3 is 0 Å². The van der Waals surface area contributed by atoms with Crippen LogP contribution < -0.4 is 5.73 Å². The van der Waals surface area contributed by atoms with Crippen LogP contribution in [0.2, 0.25) is 0 Å². The van der Waals surface area contributed by atoms with Gasteiger partial charge in [-0.05, 0) is 5.92 Å². The topological polar surface area (TPSA) is 77.2 Å². The van der Waals surface area contributed by atoms with Gasteiger partial charge in [0, 0.05) is 12.2 Å². The SMILES string of the molecule is CCS(=O)(=O)CCC(=O)C(N)C(C)C. The molecule has 2 N–H and O–H groups in total. The Labute approximate surface area is 85.8 Å². The second-order valence-corrected chi connectivity index (χ2v) is 6.20. The summed E-state index contributed by atoms with van der Waals surface area (Å²) in [5.74, 6) is -0.108. The number of carbonyl (C=O) groups excluding carboxylic acids is 1. The molecule has 0 rings (SSSR count). The molecule has 0 aromatic carbocycles. The minimum absolute atomic E-state index is 0.0372. The van der Waals surface area contributed by atoms with Gasteiger partial charge in [-0.15, -0.1) is 0 Å². The maximum absolute atomic E-state index is 11.4. The molecule has 84 valence electrons. The highest BCUT2D eigenvalue weighted by molar-refractivity contribution is 7.91. The predicted molar refractivity (Wildman–Crippen MR) is 56.8 cm³/mol. The molecule has 0 saturated carbocycles. The molecule has 0 spiro atoms. The van der Waals surface area contributed by atoms with Crippen molar-refractivity contribution in [2.24, 2.45) is 11.7 Å². The molecular weight excluding hydrogens is 202 g/mol. The maximum Gasteiger partial charge on any atom is 0.150 e. The molecule has 0 radical (unpaired) electrons. The van der Waals surface area contributed by atoms with E-state index in [0.717, 1.165) is 0 Å². The zero-order chi connectivity index (χ0) is 11.4. The largest absolute Gasteiger partial charge is 0.321 e. The molecule has 1 atom stereocenters. The van der Waals surface area contributed by atoms with Crippen molar-refractivity contribution in [3.8, 4) is 0 Å². The third-order valence-corrected chi connectivity index (χ3v) is 3.90. The molecule has 0 aliphatic carbocycles. The molecule has 5 heteroatoms. The molecule has 0 saturated heterocycles. The molecule has 0 amide bonds. The van der Waals surface area contributed by atoms with Crippen molar-refractivity contribution in [2.45, 2.75) is 33.2 Å². The highest BCUT2D eigenvalue weighted by Gasteiger charge is 2.19. The first-order valence-electron chi connectivity index (χ1n) is 4.79. The summed E-state index contributed by atoms with van der Waals surface area (Å²) in [6.45, 7) is 5.26.